The van der Waals surface area contributed by atoms with Gasteiger partial charge >= 0.3 is 12.3 Å². The van der Waals surface area contributed by atoms with Gasteiger partial charge in [0.1, 0.15) is 11.5 Å². The largest absolute Gasteiger partial charge is 0.513 e. The molecular weight excluding hydrogens is 455 g/mol. The van der Waals surface area contributed by atoms with E-state index in [1.54, 1.807) is 33.1 Å². The molecule has 0 aromatic rings. The van der Waals surface area contributed by atoms with E-state index >= 15 is 0 Å². The van der Waals surface area contributed by atoms with Crippen molar-refractivity contribution in [2.45, 2.75) is 70.7 Å². The molecule has 190 valence electrons. The number of nitrogens with one attached hydrogen (secondary N) is 1. The Morgan fingerprint density at radius 2 is 1.91 bits per heavy atom. The van der Waals surface area contributed by atoms with Crippen molar-refractivity contribution in [1.82, 2.24) is 5.32 Å². The highest BCUT2D eigenvalue weighted by Crippen LogP contribution is 2.47. The molecule has 1 N–H and O–H groups in total. The molecule has 0 saturated heterocycles. The van der Waals surface area contributed by atoms with Crippen LogP contribution in [-0.4, -0.2) is 50.2 Å². The summed E-state index contributed by atoms with van der Waals surface area (Å²) in [5, 5.41) is 3.05. The van der Waals surface area contributed by atoms with Gasteiger partial charge in [0.05, 0.1) is 23.8 Å². The Hall–Kier alpha value is -2.49. The van der Waals surface area contributed by atoms with Gasteiger partial charge in [-0.3, -0.25) is 4.79 Å². The third kappa shape index (κ3) is 5.59. The van der Waals surface area contributed by atoms with Gasteiger partial charge in [0, 0.05) is 13.0 Å². The Kier molecular flexibility index (Phi) is 8.00. The van der Waals surface area contributed by atoms with Gasteiger partial charge in [0.15, 0.2) is 6.61 Å². The second kappa shape index (κ2) is 10.4. The van der Waals surface area contributed by atoms with Crippen LogP contribution in [0, 0.1) is 11.8 Å². The molecule has 0 aromatic heterocycles. The molecule has 1 heterocycles. The molecule has 3 aliphatic rings. The zero-order valence-corrected chi connectivity index (χ0v) is 19.9. The summed E-state index contributed by atoms with van der Waals surface area (Å²) in [7, 11) is 1.64. The van der Waals surface area contributed by atoms with Gasteiger partial charge in [-0.2, -0.15) is 13.2 Å². The van der Waals surface area contributed by atoms with E-state index < -0.39 is 30.4 Å². The summed E-state index contributed by atoms with van der Waals surface area (Å²) < 4.78 is 59.0. The van der Waals surface area contributed by atoms with Crippen LogP contribution in [0.2, 0.25) is 0 Å². The molecule has 1 spiro atoms. The summed E-state index contributed by atoms with van der Waals surface area (Å²) in [4.78, 5) is 25.7. The summed E-state index contributed by atoms with van der Waals surface area (Å²) in [6.45, 7) is 4.04. The number of hydrogen-bond acceptors (Lipinski definition) is 6. The van der Waals surface area contributed by atoms with Gasteiger partial charge in [0.25, 0.3) is 5.91 Å². The first-order chi connectivity index (χ1) is 16.0. The van der Waals surface area contributed by atoms with E-state index in [2.05, 4.69) is 5.32 Å². The summed E-state index contributed by atoms with van der Waals surface area (Å²) in [6, 6.07) is 0. The van der Waals surface area contributed by atoms with E-state index in [0.29, 0.717) is 37.7 Å². The van der Waals surface area contributed by atoms with Crippen molar-refractivity contribution in [3.8, 4) is 0 Å². The van der Waals surface area contributed by atoms with Crippen molar-refractivity contribution in [2.24, 2.45) is 11.8 Å². The Labute approximate surface area is 197 Å². The summed E-state index contributed by atoms with van der Waals surface area (Å²) >= 11 is 0. The minimum atomic E-state index is -4.46. The molecule has 0 aromatic carbocycles. The van der Waals surface area contributed by atoms with Crippen molar-refractivity contribution >= 4 is 12.1 Å². The number of allylic oxidation sites excluding steroid dienone is 3. The first-order valence-electron chi connectivity index (χ1n) is 11.6. The zero-order chi connectivity index (χ0) is 25.1. The van der Waals surface area contributed by atoms with Gasteiger partial charge in [-0.15, -0.1) is 0 Å². The second-order valence-corrected chi connectivity index (χ2v) is 8.88. The van der Waals surface area contributed by atoms with Crippen LogP contribution in [-0.2, 0) is 23.7 Å². The van der Waals surface area contributed by atoms with Crippen molar-refractivity contribution in [3.05, 3.63) is 34.8 Å². The molecule has 1 amide bonds. The highest BCUT2D eigenvalue weighted by molar-refractivity contribution is 5.99. The molecule has 1 saturated carbocycles. The van der Waals surface area contributed by atoms with E-state index in [9.17, 15) is 22.8 Å². The van der Waals surface area contributed by atoms with Crippen LogP contribution in [0.5, 0.6) is 0 Å². The van der Waals surface area contributed by atoms with Gasteiger partial charge in [-0.25, -0.2) is 4.79 Å². The Morgan fingerprint density at radius 3 is 2.47 bits per heavy atom. The zero-order valence-electron chi connectivity index (χ0n) is 19.9. The van der Waals surface area contributed by atoms with E-state index in [1.807, 2.05) is 6.92 Å². The number of rotatable bonds is 7. The maximum atomic E-state index is 13.3. The number of alkyl halides is 3. The van der Waals surface area contributed by atoms with Gasteiger partial charge in [-0.1, -0.05) is 19.4 Å². The molecule has 3 rings (SSSR count). The molecule has 7 nitrogen and oxygen atoms in total. The topological polar surface area (TPSA) is 83.1 Å². The SMILES string of the molecule is CCOC(=O)OC1=C(C2C(CC)=CC(OCC(F)(F)F)=CC2C)C(=O)NC12CCC(OC)CC2. The minimum Gasteiger partial charge on any atom is -0.484 e. The van der Waals surface area contributed by atoms with Gasteiger partial charge in [-0.05, 0) is 57.1 Å². The number of ether oxygens (including phenoxy) is 4. The molecular formula is C24H32F3NO6. The Morgan fingerprint density at radius 1 is 1.24 bits per heavy atom. The van der Waals surface area contributed by atoms with Crippen LogP contribution in [0.25, 0.3) is 0 Å². The number of halogens is 3. The van der Waals surface area contributed by atoms with Crippen molar-refractivity contribution in [1.29, 1.82) is 0 Å². The van der Waals surface area contributed by atoms with E-state index in [0.717, 1.165) is 5.57 Å². The van der Waals surface area contributed by atoms with Crippen LogP contribution in [0.1, 0.15) is 52.9 Å². The molecule has 10 heteroatoms. The van der Waals surface area contributed by atoms with E-state index in [4.69, 9.17) is 18.9 Å². The van der Waals surface area contributed by atoms with Crippen molar-refractivity contribution in [3.63, 3.8) is 0 Å². The number of hydrogen-bond donors (Lipinski definition) is 1. The Bertz CT molecular complexity index is 884. The molecule has 2 aliphatic carbocycles. The highest BCUT2D eigenvalue weighted by Gasteiger charge is 2.52. The van der Waals surface area contributed by atoms with Gasteiger partial charge < -0.3 is 24.3 Å². The van der Waals surface area contributed by atoms with Crippen molar-refractivity contribution < 1.29 is 41.7 Å². The standard InChI is InChI=1S/C24H32F3NO6/c1-5-15-12-17(33-13-24(25,26)27)11-14(3)18(15)19-20(34-22(30)32-6-2)23(28-21(19)29)9-7-16(31-4)8-10-23/h11-12,14,16,18H,5-10,13H2,1-4H3,(H,28,29). The molecule has 0 bridgehead atoms. The predicted molar refractivity (Wildman–Crippen MR) is 116 cm³/mol. The highest BCUT2D eigenvalue weighted by atomic mass is 19.4. The lowest BCUT2D eigenvalue weighted by Gasteiger charge is -2.38. The normalized spacial score (nSPS) is 29.5. The smallest absolute Gasteiger partial charge is 0.484 e. The lowest BCUT2D eigenvalue weighted by Crippen LogP contribution is -2.49. The van der Waals surface area contributed by atoms with Crippen LogP contribution >= 0.6 is 0 Å². The molecule has 34 heavy (non-hydrogen) atoms. The Balaban J connectivity index is 1.99. The first kappa shape index (κ1) is 26.1. The van der Waals surface area contributed by atoms with E-state index in [-0.39, 0.29) is 36.1 Å². The third-order valence-electron chi connectivity index (χ3n) is 6.65. The fraction of sp³-hybridized carbons (Fsp3) is 0.667. The van der Waals surface area contributed by atoms with Crippen LogP contribution < -0.4 is 5.32 Å². The number of amides is 1. The molecule has 2 atom stereocenters. The molecule has 2 unspecified atom stereocenters. The summed E-state index contributed by atoms with van der Waals surface area (Å²) in [6.07, 6.45) is 0.692. The average molecular weight is 488 g/mol. The first-order valence-corrected chi connectivity index (χ1v) is 11.6. The lowest BCUT2D eigenvalue weighted by molar-refractivity contribution is -0.164. The quantitative estimate of drug-likeness (QED) is 0.513. The fourth-order valence-electron chi connectivity index (χ4n) is 5.08. The minimum absolute atomic E-state index is 0.0476. The summed E-state index contributed by atoms with van der Waals surface area (Å²) in [5.74, 6) is -0.836. The maximum Gasteiger partial charge on any atom is 0.513 e. The third-order valence-corrected chi connectivity index (χ3v) is 6.65. The van der Waals surface area contributed by atoms with E-state index in [1.165, 1.54) is 0 Å². The average Bonchev–Trinajstić information content (AvgIpc) is 3.02. The lowest BCUT2D eigenvalue weighted by atomic mass is 9.74. The molecule has 1 aliphatic heterocycles. The number of carbonyl (C=O) groups is 2. The van der Waals surface area contributed by atoms with Crippen LogP contribution in [0.15, 0.2) is 34.8 Å². The maximum absolute atomic E-state index is 13.3. The predicted octanol–water partition coefficient (Wildman–Crippen LogP) is 4.94. The van der Waals surface area contributed by atoms with Gasteiger partial charge in [0.2, 0.25) is 0 Å². The number of carbonyl (C=O) groups excluding carboxylic acids is 2. The van der Waals surface area contributed by atoms with Crippen LogP contribution in [0.3, 0.4) is 0 Å². The second-order valence-electron chi connectivity index (χ2n) is 8.88. The fourth-order valence-corrected chi connectivity index (χ4v) is 5.08. The number of methoxy groups -OCH3 is 1. The monoisotopic (exact) mass is 487 g/mol. The summed E-state index contributed by atoms with van der Waals surface area (Å²) in [5.41, 5.74) is 0.185. The van der Waals surface area contributed by atoms with Crippen molar-refractivity contribution in [2.75, 3.05) is 20.3 Å². The van der Waals surface area contributed by atoms with Crippen LogP contribution in [0.4, 0.5) is 18.0 Å². The molecule has 1 fully saturated rings. The molecule has 0 radical (unpaired) electrons.